The van der Waals surface area contributed by atoms with Crippen molar-refractivity contribution in [3.8, 4) is 0 Å². The molecule has 2 fully saturated rings. The Labute approximate surface area is 188 Å². The van der Waals surface area contributed by atoms with Crippen molar-refractivity contribution in [1.82, 2.24) is 9.62 Å². The molecule has 166 valence electrons. The standard InChI is InChI=1S/C23H27ClN2O4S/c24-20-10-8-18(9-11-20)22(17-4-1-2-5-17)25-23(27)19-6-3-7-21(16-19)31(28,29)26-12-14-30-15-13-26/h3,6-11,16-17,22H,1-2,4-5,12-15H2,(H,25,27). The fourth-order valence-electron chi connectivity index (χ4n) is 4.39. The summed E-state index contributed by atoms with van der Waals surface area (Å²) in [5.74, 6) is 0.0799. The van der Waals surface area contributed by atoms with Crippen LogP contribution in [-0.4, -0.2) is 44.9 Å². The molecule has 1 saturated carbocycles. The summed E-state index contributed by atoms with van der Waals surface area (Å²) in [5.41, 5.74) is 1.35. The van der Waals surface area contributed by atoms with E-state index < -0.39 is 10.0 Å². The van der Waals surface area contributed by atoms with Crippen LogP contribution in [0.4, 0.5) is 0 Å². The molecule has 31 heavy (non-hydrogen) atoms. The summed E-state index contributed by atoms with van der Waals surface area (Å²) in [4.78, 5) is 13.3. The molecule has 8 heteroatoms. The predicted octanol–water partition coefficient (Wildman–Crippen LogP) is 4.02. The van der Waals surface area contributed by atoms with Gasteiger partial charge in [0.1, 0.15) is 0 Å². The number of hydrogen-bond acceptors (Lipinski definition) is 4. The Morgan fingerprint density at radius 2 is 1.74 bits per heavy atom. The number of nitrogens with zero attached hydrogens (tertiary/aromatic N) is 1. The second-order valence-electron chi connectivity index (χ2n) is 8.09. The van der Waals surface area contributed by atoms with E-state index in [4.69, 9.17) is 16.3 Å². The number of halogens is 1. The molecule has 0 aromatic heterocycles. The molecular formula is C23H27ClN2O4S. The summed E-state index contributed by atoms with van der Waals surface area (Å²) in [6.07, 6.45) is 4.41. The molecular weight excluding hydrogens is 436 g/mol. The highest BCUT2D eigenvalue weighted by atomic mass is 35.5. The van der Waals surface area contributed by atoms with E-state index in [-0.39, 0.29) is 16.8 Å². The van der Waals surface area contributed by atoms with Gasteiger partial charge in [0.05, 0.1) is 24.2 Å². The van der Waals surface area contributed by atoms with Crippen LogP contribution in [0.15, 0.2) is 53.4 Å². The van der Waals surface area contributed by atoms with E-state index in [1.165, 1.54) is 16.4 Å². The van der Waals surface area contributed by atoms with Crippen LogP contribution in [-0.2, 0) is 14.8 Å². The van der Waals surface area contributed by atoms with Crippen LogP contribution in [0.5, 0.6) is 0 Å². The predicted molar refractivity (Wildman–Crippen MR) is 120 cm³/mol. The number of ether oxygens (including phenoxy) is 1. The van der Waals surface area contributed by atoms with Crippen LogP contribution in [0, 0.1) is 5.92 Å². The fourth-order valence-corrected chi connectivity index (χ4v) is 5.97. The highest BCUT2D eigenvalue weighted by Crippen LogP contribution is 2.36. The number of benzene rings is 2. The largest absolute Gasteiger partial charge is 0.379 e. The van der Waals surface area contributed by atoms with Gasteiger partial charge in [-0.25, -0.2) is 8.42 Å². The fraction of sp³-hybridized carbons (Fsp3) is 0.435. The second-order valence-corrected chi connectivity index (χ2v) is 10.5. The molecule has 1 atom stereocenters. The molecule has 1 amide bonds. The molecule has 2 aliphatic rings. The van der Waals surface area contributed by atoms with Crippen LogP contribution in [0.2, 0.25) is 5.02 Å². The lowest BCUT2D eigenvalue weighted by atomic mass is 9.91. The third-order valence-corrected chi connectivity index (χ3v) is 8.24. The van der Waals surface area contributed by atoms with Gasteiger partial charge in [0.15, 0.2) is 0 Å². The van der Waals surface area contributed by atoms with E-state index in [0.29, 0.717) is 42.8 Å². The number of carbonyl (C=O) groups excluding carboxylic acids is 1. The van der Waals surface area contributed by atoms with Crippen molar-refractivity contribution in [3.63, 3.8) is 0 Å². The van der Waals surface area contributed by atoms with Gasteiger partial charge < -0.3 is 10.1 Å². The van der Waals surface area contributed by atoms with E-state index >= 15 is 0 Å². The van der Waals surface area contributed by atoms with Crippen LogP contribution in [0.1, 0.15) is 47.6 Å². The van der Waals surface area contributed by atoms with E-state index in [9.17, 15) is 13.2 Å². The quantitative estimate of drug-likeness (QED) is 0.703. The summed E-state index contributed by atoms with van der Waals surface area (Å²) in [6.45, 7) is 1.39. The monoisotopic (exact) mass is 462 g/mol. The SMILES string of the molecule is O=C(NC(c1ccc(Cl)cc1)C1CCCC1)c1cccc(S(=O)(=O)N2CCOCC2)c1. The Balaban J connectivity index is 1.56. The van der Waals surface area contributed by atoms with Gasteiger partial charge in [-0.2, -0.15) is 4.31 Å². The van der Waals surface area contributed by atoms with E-state index in [1.807, 2.05) is 24.3 Å². The first kappa shape index (κ1) is 22.3. The first-order chi connectivity index (χ1) is 14.9. The summed E-state index contributed by atoms with van der Waals surface area (Å²) in [5, 5.41) is 3.81. The summed E-state index contributed by atoms with van der Waals surface area (Å²) in [7, 11) is -3.66. The molecule has 1 aliphatic heterocycles. The van der Waals surface area contributed by atoms with Gasteiger partial charge >= 0.3 is 0 Å². The van der Waals surface area contributed by atoms with Gasteiger partial charge in [-0.3, -0.25) is 4.79 Å². The Morgan fingerprint density at radius 3 is 2.42 bits per heavy atom. The number of rotatable bonds is 6. The third kappa shape index (κ3) is 5.12. The van der Waals surface area contributed by atoms with Gasteiger partial charge in [0.2, 0.25) is 10.0 Å². The average Bonchev–Trinajstić information content (AvgIpc) is 3.33. The van der Waals surface area contributed by atoms with Crippen molar-refractivity contribution in [2.24, 2.45) is 5.92 Å². The highest BCUT2D eigenvalue weighted by Gasteiger charge is 2.30. The normalized spacial score (nSPS) is 19.3. The minimum absolute atomic E-state index is 0.131. The number of hydrogen-bond donors (Lipinski definition) is 1. The number of nitrogens with one attached hydrogen (secondary N) is 1. The smallest absolute Gasteiger partial charge is 0.251 e. The van der Waals surface area contributed by atoms with E-state index in [1.54, 1.807) is 12.1 Å². The molecule has 1 unspecified atom stereocenters. The maximum absolute atomic E-state index is 13.1. The van der Waals surface area contributed by atoms with Crippen molar-refractivity contribution in [2.45, 2.75) is 36.6 Å². The first-order valence-corrected chi connectivity index (χ1v) is 12.5. The van der Waals surface area contributed by atoms with Gasteiger partial charge in [-0.05, 0) is 54.7 Å². The molecule has 2 aromatic carbocycles. The van der Waals surface area contributed by atoms with E-state index in [2.05, 4.69) is 5.32 Å². The molecule has 0 bridgehead atoms. The average molecular weight is 463 g/mol. The Bertz CT molecular complexity index is 1010. The Hall–Kier alpha value is -1.93. The Kier molecular flexibility index (Phi) is 6.96. The van der Waals surface area contributed by atoms with Crippen LogP contribution < -0.4 is 5.32 Å². The van der Waals surface area contributed by atoms with Crippen LogP contribution in [0.25, 0.3) is 0 Å². The zero-order valence-corrected chi connectivity index (χ0v) is 18.9. The van der Waals surface area contributed by atoms with Crippen molar-refractivity contribution in [1.29, 1.82) is 0 Å². The lowest BCUT2D eigenvalue weighted by Crippen LogP contribution is -2.40. The Morgan fingerprint density at radius 1 is 1.06 bits per heavy atom. The molecule has 2 aromatic rings. The van der Waals surface area contributed by atoms with Gasteiger partial charge in [-0.15, -0.1) is 0 Å². The molecule has 1 heterocycles. The highest BCUT2D eigenvalue weighted by molar-refractivity contribution is 7.89. The van der Waals surface area contributed by atoms with Crippen LogP contribution >= 0.6 is 11.6 Å². The molecule has 1 N–H and O–H groups in total. The van der Waals surface area contributed by atoms with Crippen molar-refractivity contribution in [3.05, 3.63) is 64.7 Å². The minimum atomic E-state index is -3.66. The zero-order chi connectivity index (χ0) is 21.8. The van der Waals surface area contributed by atoms with Crippen molar-refractivity contribution < 1.29 is 17.9 Å². The number of carbonyl (C=O) groups is 1. The zero-order valence-electron chi connectivity index (χ0n) is 17.3. The topological polar surface area (TPSA) is 75.7 Å². The molecule has 6 nitrogen and oxygen atoms in total. The first-order valence-electron chi connectivity index (χ1n) is 10.7. The van der Waals surface area contributed by atoms with Gasteiger partial charge in [0.25, 0.3) is 5.91 Å². The maximum atomic E-state index is 13.1. The number of sulfonamides is 1. The van der Waals surface area contributed by atoms with E-state index in [0.717, 1.165) is 31.2 Å². The van der Waals surface area contributed by atoms with Gasteiger partial charge in [0, 0.05) is 23.7 Å². The summed E-state index contributed by atoms with van der Waals surface area (Å²) >= 11 is 6.05. The molecule has 1 saturated heterocycles. The van der Waals surface area contributed by atoms with Crippen molar-refractivity contribution >= 4 is 27.5 Å². The minimum Gasteiger partial charge on any atom is -0.379 e. The summed E-state index contributed by atoms with van der Waals surface area (Å²) < 4.78 is 32.6. The molecule has 4 rings (SSSR count). The van der Waals surface area contributed by atoms with Crippen molar-refractivity contribution in [2.75, 3.05) is 26.3 Å². The number of morpholine rings is 1. The third-order valence-electron chi connectivity index (χ3n) is 6.09. The maximum Gasteiger partial charge on any atom is 0.251 e. The van der Waals surface area contributed by atoms with Gasteiger partial charge in [-0.1, -0.05) is 42.6 Å². The van der Waals surface area contributed by atoms with Crippen LogP contribution in [0.3, 0.4) is 0 Å². The number of amides is 1. The second kappa shape index (κ2) is 9.69. The lowest BCUT2D eigenvalue weighted by Gasteiger charge is -2.27. The lowest BCUT2D eigenvalue weighted by molar-refractivity contribution is 0.0730. The molecule has 0 spiro atoms. The molecule has 1 aliphatic carbocycles. The molecule has 0 radical (unpaired) electrons. The summed E-state index contributed by atoms with van der Waals surface area (Å²) in [6, 6.07) is 13.7.